The molecule has 1 aromatic rings. The lowest BCUT2D eigenvalue weighted by Gasteiger charge is -2.27. The maximum absolute atomic E-state index is 12.3. The zero-order chi connectivity index (χ0) is 11.4. The van der Waals surface area contributed by atoms with Crippen LogP contribution in [0.5, 0.6) is 0 Å². The van der Waals surface area contributed by atoms with E-state index in [0.717, 1.165) is 31.2 Å². The van der Waals surface area contributed by atoms with E-state index >= 15 is 0 Å². The summed E-state index contributed by atoms with van der Waals surface area (Å²) in [6, 6.07) is 2.02. The third-order valence-corrected chi connectivity index (χ3v) is 4.02. The Labute approximate surface area is 101 Å². The largest absolute Gasteiger partial charge is 0.367 e. The number of Topliss-reactive ketones (excluding diaryl/α,β-unsaturated/α-hetero) is 1. The molecule has 0 amide bonds. The van der Waals surface area contributed by atoms with Crippen LogP contribution in [0.1, 0.15) is 38.2 Å². The van der Waals surface area contributed by atoms with Crippen molar-refractivity contribution in [2.45, 2.75) is 44.6 Å². The number of thiophene rings is 1. The second kappa shape index (κ2) is 5.11. The Kier molecular flexibility index (Phi) is 3.77. The molecular formula is C13H18O2S. The van der Waals surface area contributed by atoms with Gasteiger partial charge in [-0.3, -0.25) is 4.79 Å². The van der Waals surface area contributed by atoms with Crippen LogP contribution in [0.4, 0.5) is 0 Å². The summed E-state index contributed by atoms with van der Waals surface area (Å²) in [6.45, 7) is 2.60. The van der Waals surface area contributed by atoms with Crippen LogP contribution < -0.4 is 0 Å². The molecule has 1 aliphatic carbocycles. The molecule has 1 saturated carbocycles. The van der Waals surface area contributed by atoms with Crippen LogP contribution in [0, 0.1) is 0 Å². The Balaban J connectivity index is 2.05. The summed E-state index contributed by atoms with van der Waals surface area (Å²) in [6.07, 6.45) is 4.59. The molecule has 88 valence electrons. The van der Waals surface area contributed by atoms with Crippen molar-refractivity contribution in [3.05, 3.63) is 22.4 Å². The molecule has 0 spiro atoms. The molecule has 0 N–H and O–H groups in total. The van der Waals surface area contributed by atoms with Gasteiger partial charge in [0, 0.05) is 13.0 Å². The van der Waals surface area contributed by atoms with Gasteiger partial charge in [-0.05, 0) is 55.0 Å². The van der Waals surface area contributed by atoms with Crippen LogP contribution in [0.3, 0.4) is 0 Å². The van der Waals surface area contributed by atoms with E-state index in [2.05, 4.69) is 0 Å². The fourth-order valence-electron chi connectivity index (χ4n) is 2.47. The van der Waals surface area contributed by atoms with E-state index < -0.39 is 5.60 Å². The molecule has 2 rings (SSSR count). The monoisotopic (exact) mass is 238 g/mol. The summed E-state index contributed by atoms with van der Waals surface area (Å²) < 4.78 is 5.75. The summed E-state index contributed by atoms with van der Waals surface area (Å²) in [5.41, 5.74) is 0.664. The predicted molar refractivity (Wildman–Crippen MR) is 65.9 cm³/mol. The summed E-state index contributed by atoms with van der Waals surface area (Å²) in [7, 11) is 0. The first kappa shape index (κ1) is 11.8. The van der Waals surface area contributed by atoms with E-state index in [9.17, 15) is 4.79 Å². The molecule has 0 saturated heterocycles. The number of carbonyl (C=O) groups excluding carboxylic acids is 1. The van der Waals surface area contributed by atoms with Crippen molar-refractivity contribution < 1.29 is 9.53 Å². The summed E-state index contributed by atoms with van der Waals surface area (Å²) in [4.78, 5) is 12.3. The molecule has 1 aliphatic rings. The Morgan fingerprint density at radius 2 is 2.25 bits per heavy atom. The van der Waals surface area contributed by atoms with Crippen LogP contribution in [-0.2, 0) is 16.0 Å². The number of carbonyl (C=O) groups is 1. The van der Waals surface area contributed by atoms with Gasteiger partial charge in [0.15, 0.2) is 5.78 Å². The Bertz CT molecular complexity index is 337. The van der Waals surface area contributed by atoms with E-state index in [0.29, 0.717) is 13.0 Å². The maximum atomic E-state index is 12.3. The van der Waals surface area contributed by atoms with E-state index in [1.54, 1.807) is 11.3 Å². The Morgan fingerprint density at radius 3 is 2.81 bits per heavy atom. The topological polar surface area (TPSA) is 26.3 Å². The van der Waals surface area contributed by atoms with Crippen molar-refractivity contribution in [3.63, 3.8) is 0 Å². The van der Waals surface area contributed by atoms with Crippen LogP contribution in [-0.4, -0.2) is 18.0 Å². The normalized spacial score (nSPS) is 18.8. The van der Waals surface area contributed by atoms with Crippen LogP contribution in [0.15, 0.2) is 16.8 Å². The van der Waals surface area contributed by atoms with Gasteiger partial charge in [0.05, 0.1) is 0 Å². The third-order valence-electron chi connectivity index (χ3n) is 3.28. The molecule has 0 aromatic carbocycles. The maximum Gasteiger partial charge on any atom is 0.168 e. The highest BCUT2D eigenvalue weighted by molar-refractivity contribution is 7.08. The highest BCUT2D eigenvalue weighted by Gasteiger charge is 2.41. The van der Waals surface area contributed by atoms with Gasteiger partial charge in [-0.15, -0.1) is 0 Å². The van der Waals surface area contributed by atoms with Crippen molar-refractivity contribution in [1.29, 1.82) is 0 Å². The van der Waals surface area contributed by atoms with E-state index in [1.165, 1.54) is 0 Å². The molecule has 16 heavy (non-hydrogen) atoms. The minimum absolute atomic E-state index is 0.269. The Hall–Kier alpha value is -0.670. The highest BCUT2D eigenvalue weighted by atomic mass is 32.1. The van der Waals surface area contributed by atoms with Crippen LogP contribution >= 0.6 is 11.3 Å². The van der Waals surface area contributed by atoms with Gasteiger partial charge in [-0.25, -0.2) is 0 Å². The smallest absolute Gasteiger partial charge is 0.168 e. The number of ether oxygens (including phenoxy) is 1. The third kappa shape index (κ3) is 2.36. The van der Waals surface area contributed by atoms with Crippen molar-refractivity contribution in [1.82, 2.24) is 0 Å². The molecular weight excluding hydrogens is 220 g/mol. The second-order valence-electron chi connectivity index (χ2n) is 4.37. The van der Waals surface area contributed by atoms with Gasteiger partial charge in [-0.1, -0.05) is 0 Å². The van der Waals surface area contributed by atoms with Gasteiger partial charge in [-0.2, -0.15) is 11.3 Å². The summed E-state index contributed by atoms with van der Waals surface area (Å²) in [5.74, 6) is 0.269. The lowest BCUT2D eigenvalue weighted by molar-refractivity contribution is -0.142. The zero-order valence-corrected chi connectivity index (χ0v) is 10.5. The number of hydrogen-bond acceptors (Lipinski definition) is 3. The van der Waals surface area contributed by atoms with Gasteiger partial charge in [0.25, 0.3) is 0 Å². The Morgan fingerprint density at radius 1 is 1.50 bits per heavy atom. The highest BCUT2D eigenvalue weighted by Crippen LogP contribution is 2.35. The number of hydrogen-bond donors (Lipinski definition) is 0. The molecule has 0 atom stereocenters. The fourth-order valence-corrected chi connectivity index (χ4v) is 3.13. The molecule has 0 aliphatic heterocycles. The lowest BCUT2D eigenvalue weighted by Crippen LogP contribution is -2.39. The van der Waals surface area contributed by atoms with Crippen LogP contribution in [0.25, 0.3) is 0 Å². The lowest BCUT2D eigenvalue weighted by atomic mass is 9.92. The molecule has 1 fully saturated rings. The van der Waals surface area contributed by atoms with Crippen molar-refractivity contribution in [3.8, 4) is 0 Å². The number of rotatable bonds is 5. The molecule has 0 unspecified atom stereocenters. The van der Waals surface area contributed by atoms with E-state index in [-0.39, 0.29) is 5.78 Å². The molecule has 1 heterocycles. The summed E-state index contributed by atoms with van der Waals surface area (Å²) in [5, 5.41) is 4.07. The van der Waals surface area contributed by atoms with Gasteiger partial charge >= 0.3 is 0 Å². The standard InChI is InChI=1S/C13H18O2S/c1-2-15-13(6-3-4-7-13)12(14)9-11-5-8-16-10-11/h5,8,10H,2-4,6-7,9H2,1H3. The zero-order valence-electron chi connectivity index (χ0n) is 9.70. The SMILES string of the molecule is CCOC1(C(=O)Cc2ccsc2)CCCC1. The summed E-state index contributed by atoms with van der Waals surface area (Å²) >= 11 is 1.64. The molecule has 0 bridgehead atoms. The van der Waals surface area contributed by atoms with Crippen LogP contribution in [0.2, 0.25) is 0 Å². The second-order valence-corrected chi connectivity index (χ2v) is 5.15. The molecule has 0 radical (unpaired) electrons. The molecule has 3 heteroatoms. The van der Waals surface area contributed by atoms with E-state index in [1.807, 2.05) is 23.8 Å². The minimum Gasteiger partial charge on any atom is -0.367 e. The van der Waals surface area contributed by atoms with Gasteiger partial charge in [0.2, 0.25) is 0 Å². The van der Waals surface area contributed by atoms with E-state index in [4.69, 9.17) is 4.74 Å². The van der Waals surface area contributed by atoms with Crippen molar-refractivity contribution >= 4 is 17.1 Å². The fraction of sp³-hybridized carbons (Fsp3) is 0.615. The number of ketones is 1. The minimum atomic E-state index is -0.462. The first-order valence-electron chi connectivity index (χ1n) is 5.95. The van der Waals surface area contributed by atoms with Gasteiger partial charge < -0.3 is 4.74 Å². The van der Waals surface area contributed by atoms with Crippen molar-refractivity contribution in [2.24, 2.45) is 0 Å². The van der Waals surface area contributed by atoms with Gasteiger partial charge in [0.1, 0.15) is 5.60 Å². The average molecular weight is 238 g/mol. The van der Waals surface area contributed by atoms with Crippen molar-refractivity contribution in [2.75, 3.05) is 6.61 Å². The molecule has 2 nitrogen and oxygen atoms in total. The average Bonchev–Trinajstić information content (AvgIpc) is 2.89. The quantitative estimate of drug-likeness (QED) is 0.787. The molecule has 1 aromatic heterocycles. The first-order chi connectivity index (χ1) is 7.77. The predicted octanol–water partition coefficient (Wildman–Crippen LogP) is 3.21. The first-order valence-corrected chi connectivity index (χ1v) is 6.89.